The largest absolute Gasteiger partial charge is 0.462 e. The summed E-state index contributed by atoms with van der Waals surface area (Å²) in [6, 6.07) is 8.89. The highest BCUT2D eigenvalue weighted by atomic mass is 19.4. The molecule has 0 heterocycles. The van der Waals surface area contributed by atoms with Gasteiger partial charge in [0.1, 0.15) is 18.0 Å². The van der Waals surface area contributed by atoms with E-state index in [1.807, 2.05) is 0 Å². The van der Waals surface area contributed by atoms with Gasteiger partial charge in [-0.1, -0.05) is 18.2 Å². The maximum atomic E-state index is 13.6. The summed E-state index contributed by atoms with van der Waals surface area (Å²) in [5, 5.41) is 50.4. The van der Waals surface area contributed by atoms with Gasteiger partial charge in [0.05, 0.1) is 11.7 Å². The van der Waals surface area contributed by atoms with Crippen LogP contribution in [0.15, 0.2) is 42.5 Å². The van der Waals surface area contributed by atoms with Crippen molar-refractivity contribution in [2.45, 2.75) is 37.2 Å². The van der Waals surface area contributed by atoms with Gasteiger partial charge in [0, 0.05) is 19.2 Å². The van der Waals surface area contributed by atoms with E-state index in [0.29, 0.717) is 5.56 Å². The summed E-state index contributed by atoms with van der Waals surface area (Å²) >= 11 is 0. The molecule has 6 N–H and O–H groups in total. The lowest BCUT2D eigenvalue weighted by Crippen LogP contribution is -2.47. The van der Waals surface area contributed by atoms with Gasteiger partial charge in [0.2, 0.25) is 6.29 Å². The van der Waals surface area contributed by atoms with Crippen molar-refractivity contribution < 1.29 is 48.2 Å². The highest BCUT2D eigenvalue weighted by Gasteiger charge is 2.37. The first-order valence-corrected chi connectivity index (χ1v) is 9.53. The van der Waals surface area contributed by atoms with E-state index in [0.717, 1.165) is 12.1 Å². The number of carbonyl (C=O) groups excluding carboxylic acids is 1. The molecule has 0 fully saturated rings. The molecule has 2 aromatic rings. The van der Waals surface area contributed by atoms with Crippen LogP contribution in [-0.2, 0) is 6.18 Å². The number of benzene rings is 2. The average molecular weight is 459 g/mol. The number of rotatable bonds is 9. The number of aliphatic hydroxyl groups excluding tert-OH is 5. The SMILES string of the molecule is CNC(=O)c1cccc(-c2ccc(OC(O)C(O)C(O)C(O)CCO)c(C(F)(F)F)c2)c1. The smallest absolute Gasteiger partial charge is 0.419 e. The summed E-state index contributed by atoms with van der Waals surface area (Å²) in [5.74, 6) is -1.24. The fourth-order valence-electron chi connectivity index (χ4n) is 2.92. The van der Waals surface area contributed by atoms with Crippen molar-refractivity contribution in [2.75, 3.05) is 13.7 Å². The second kappa shape index (κ2) is 10.7. The fourth-order valence-corrected chi connectivity index (χ4v) is 2.92. The third-order valence-corrected chi connectivity index (χ3v) is 4.68. The number of hydrogen-bond acceptors (Lipinski definition) is 7. The van der Waals surface area contributed by atoms with Crippen LogP contribution in [0.25, 0.3) is 11.1 Å². The molecule has 176 valence electrons. The van der Waals surface area contributed by atoms with Crippen molar-refractivity contribution in [3.63, 3.8) is 0 Å². The van der Waals surface area contributed by atoms with Crippen LogP contribution in [0.2, 0.25) is 0 Å². The summed E-state index contributed by atoms with van der Waals surface area (Å²) in [6.07, 6.45) is -13.3. The van der Waals surface area contributed by atoms with E-state index >= 15 is 0 Å². The Balaban J connectivity index is 2.35. The van der Waals surface area contributed by atoms with Crippen molar-refractivity contribution in [2.24, 2.45) is 0 Å². The molecule has 4 atom stereocenters. The number of amides is 1. The molecular weight excluding hydrogens is 435 g/mol. The van der Waals surface area contributed by atoms with Crippen LogP contribution in [0.4, 0.5) is 13.2 Å². The Labute approximate surface area is 181 Å². The van der Waals surface area contributed by atoms with Crippen LogP contribution in [0.5, 0.6) is 5.75 Å². The number of alkyl halides is 3. The van der Waals surface area contributed by atoms with Crippen molar-refractivity contribution in [1.82, 2.24) is 5.32 Å². The molecule has 0 aliphatic carbocycles. The molecule has 0 saturated carbocycles. The number of aliphatic hydroxyl groups is 5. The summed E-state index contributed by atoms with van der Waals surface area (Å²) < 4.78 is 45.8. The van der Waals surface area contributed by atoms with E-state index in [1.54, 1.807) is 0 Å². The lowest BCUT2D eigenvalue weighted by Gasteiger charge is -2.27. The molecular formula is C21H24F3NO7. The zero-order valence-electron chi connectivity index (χ0n) is 17.0. The Morgan fingerprint density at radius 3 is 2.28 bits per heavy atom. The molecule has 1 amide bonds. The molecule has 2 aromatic carbocycles. The van der Waals surface area contributed by atoms with Crippen LogP contribution < -0.4 is 10.1 Å². The van der Waals surface area contributed by atoms with E-state index in [2.05, 4.69) is 5.32 Å². The maximum Gasteiger partial charge on any atom is 0.419 e. The zero-order valence-corrected chi connectivity index (χ0v) is 17.0. The number of hydrogen-bond donors (Lipinski definition) is 6. The Kier molecular flexibility index (Phi) is 8.58. The van der Waals surface area contributed by atoms with Gasteiger partial charge in [0.25, 0.3) is 5.91 Å². The van der Waals surface area contributed by atoms with Gasteiger partial charge < -0.3 is 35.6 Å². The molecule has 2 rings (SSSR count). The molecule has 32 heavy (non-hydrogen) atoms. The monoisotopic (exact) mass is 459 g/mol. The second-order valence-corrected chi connectivity index (χ2v) is 6.94. The number of nitrogens with one attached hydrogen (secondary N) is 1. The highest BCUT2D eigenvalue weighted by molar-refractivity contribution is 5.95. The quantitative estimate of drug-likeness (QED) is 0.306. The molecule has 0 aromatic heterocycles. The van der Waals surface area contributed by atoms with Gasteiger partial charge in [-0.3, -0.25) is 4.79 Å². The minimum atomic E-state index is -4.90. The average Bonchev–Trinajstić information content (AvgIpc) is 2.77. The number of ether oxygens (including phenoxy) is 1. The van der Waals surface area contributed by atoms with Gasteiger partial charge in [-0.15, -0.1) is 0 Å². The summed E-state index contributed by atoms with van der Waals surface area (Å²) in [4.78, 5) is 11.8. The Hall–Kier alpha value is -2.70. The standard InChI is InChI=1S/C21H24F3NO7/c1-25-19(30)13-4-2-3-11(9-13)12-5-6-16(14(10-12)21(22,23)24)32-20(31)18(29)17(28)15(27)7-8-26/h2-6,9-10,15,17-18,20,26-29,31H,7-8H2,1H3,(H,25,30). The molecule has 0 radical (unpaired) electrons. The van der Waals surface area contributed by atoms with Crippen LogP contribution in [0.3, 0.4) is 0 Å². The molecule has 0 aliphatic rings. The van der Waals surface area contributed by atoms with Crippen molar-refractivity contribution in [3.05, 3.63) is 53.6 Å². The Bertz CT molecular complexity index is 923. The number of carbonyl (C=O) groups is 1. The van der Waals surface area contributed by atoms with Gasteiger partial charge in [0.15, 0.2) is 0 Å². The Morgan fingerprint density at radius 1 is 1.03 bits per heavy atom. The summed E-state index contributed by atoms with van der Waals surface area (Å²) in [6.45, 7) is -0.525. The number of halogens is 3. The molecule has 0 aliphatic heterocycles. The molecule has 0 bridgehead atoms. The molecule has 8 nitrogen and oxygen atoms in total. The predicted molar refractivity (Wildman–Crippen MR) is 107 cm³/mol. The third kappa shape index (κ3) is 6.17. The first-order chi connectivity index (χ1) is 15.0. The van der Waals surface area contributed by atoms with Crippen LogP contribution in [-0.4, -0.2) is 69.7 Å². The predicted octanol–water partition coefficient (Wildman–Crippen LogP) is 0.894. The normalized spacial score (nSPS) is 15.5. The van der Waals surface area contributed by atoms with Crippen LogP contribution in [0.1, 0.15) is 22.3 Å². The van der Waals surface area contributed by atoms with Crippen molar-refractivity contribution in [3.8, 4) is 16.9 Å². The van der Waals surface area contributed by atoms with Crippen LogP contribution >= 0.6 is 0 Å². The van der Waals surface area contributed by atoms with Gasteiger partial charge in [-0.05, 0) is 41.8 Å². The van der Waals surface area contributed by atoms with Crippen LogP contribution in [0, 0.1) is 0 Å². The highest BCUT2D eigenvalue weighted by Crippen LogP contribution is 2.39. The van der Waals surface area contributed by atoms with Gasteiger partial charge in [-0.25, -0.2) is 0 Å². The Morgan fingerprint density at radius 2 is 1.69 bits per heavy atom. The van der Waals surface area contributed by atoms with E-state index < -0.39 is 54.6 Å². The molecule has 0 spiro atoms. The minimum absolute atomic E-state index is 0.115. The first kappa shape index (κ1) is 25.6. The van der Waals surface area contributed by atoms with E-state index in [9.17, 15) is 38.4 Å². The molecule has 4 unspecified atom stereocenters. The van der Waals surface area contributed by atoms with E-state index in [1.165, 1.54) is 37.4 Å². The van der Waals surface area contributed by atoms with Gasteiger partial charge >= 0.3 is 6.18 Å². The lowest BCUT2D eigenvalue weighted by atomic mass is 10.00. The van der Waals surface area contributed by atoms with Crippen molar-refractivity contribution >= 4 is 5.91 Å². The molecule has 11 heteroatoms. The van der Waals surface area contributed by atoms with Gasteiger partial charge in [-0.2, -0.15) is 13.2 Å². The maximum absolute atomic E-state index is 13.6. The lowest BCUT2D eigenvalue weighted by molar-refractivity contribution is -0.171. The molecule has 0 saturated heterocycles. The fraction of sp³-hybridized carbons (Fsp3) is 0.381. The minimum Gasteiger partial charge on any atom is -0.462 e. The van der Waals surface area contributed by atoms with E-state index in [-0.39, 0.29) is 17.5 Å². The van der Waals surface area contributed by atoms with Crippen molar-refractivity contribution in [1.29, 1.82) is 0 Å². The first-order valence-electron chi connectivity index (χ1n) is 9.53. The zero-order chi connectivity index (χ0) is 24.1. The topological polar surface area (TPSA) is 139 Å². The third-order valence-electron chi connectivity index (χ3n) is 4.68. The summed E-state index contributed by atoms with van der Waals surface area (Å²) in [5.41, 5.74) is -0.583. The second-order valence-electron chi connectivity index (χ2n) is 6.94. The summed E-state index contributed by atoms with van der Waals surface area (Å²) in [7, 11) is 1.42. The van der Waals surface area contributed by atoms with E-state index in [4.69, 9.17) is 9.84 Å².